The standard InChI is InChI=1S/C20H17FN4O/c1-13-11-18(22)25(24-13)19-10-7-15-3-2-4-17(20(15)23-19)26-12-14-5-8-16(21)9-6-14/h2-11H,12,22H2,1H3. The first kappa shape index (κ1) is 16.1. The Hall–Kier alpha value is -3.41. The molecule has 0 atom stereocenters. The number of pyridine rings is 1. The summed E-state index contributed by atoms with van der Waals surface area (Å²) in [7, 11) is 0. The van der Waals surface area contributed by atoms with Crippen molar-refractivity contribution in [3.05, 3.63) is 77.7 Å². The average Bonchev–Trinajstić information content (AvgIpc) is 2.99. The van der Waals surface area contributed by atoms with E-state index in [-0.39, 0.29) is 5.82 Å². The molecule has 5 nitrogen and oxygen atoms in total. The Balaban J connectivity index is 1.69. The number of para-hydroxylation sites is 1. The Morgan fingerprint density at radius 1 is 1.08 bits per heavy atom. The minimum Gasteiger partial charge on any atom is -0.487 e. The van der Waals surface area contributed by atoms with Gasteiger partial charge in [-0.05, 0) is 42.8 Å². The summed E-state index contributed by atoms with van der Waals surface area (Å²) in [5.74, 6) is 1.54. The van der Waals surface area contributed by atoms with Gasteiger partial charge in [0.2, 0.25) is 0 Å². The highest BCUT2D eigenvalue weighted by Crippen LogP contribution is 2.26. The zero-order chi connectivity index (χ0) is 18.1. The number of hydrogen-bond donors (Lipinski definition) is 1. The minimum atomic E-state index is -0.266. The first-order valence-electron chi connectivity index (χ1n) is 8.20. The second-order valence-corrected chi connectivity index (χ2v) is 6.03. The molecule has 26 heavy (non-hydrogen) atoms. The molecule has 6 heteroatoms. The van der Waals surface area contributed by atoms with Crippen molar-refractivity contribution < 1.29 is 9.13 Å². The fourth-order valence-corrected chi connectivity index (χ4v) is 2.79. The molecular weight excluding hydrogens is 331 g/mol. The molecule has 0 aliphatic rings. The van der Waals surface area contributed by atoms with Gasteiger partial charge in [0.25, 0.3) is 0 Å². The highest BCUT2D eigenvalue weighted by molar-refractivity contribution is 5.85. The van der Waals surface area contributed by atoms with Crippen LogP contribution in [-0.4, -0.2) is 14.8 Å². The number of rotatable bonds is 4. The lowest BCUT2D eigenvalue weighted by atomic mass is 10.2. The normalized spacial score (nSPS) is 11.0. The summed E-state index contributed by atoms with van der Waals surface area (Å²) in [6.07, 6.45) is 0. The van der Waals surface area contributed by atoms with Crippen molar-refractivity contribution >= 4 is 16.7 Å². The SMILES string of the molecule is Cc1cc(N)n(-c2ccc3cccc(OCc4ccc(F)cc4)c3n2)n1. The van der Waals surface area contributed by atoms with Crippen LogP contribution in [0.2, 0.25) is 0 Å². The van der Waals surface area contributed by atoms with Gasteiger partial charge >= 0.3 is 0 Å². The summed E-state index contributed by atoms with van der Waals surface area (Å²) < 4.78 is 20.6. The van der Waals surface area contributed by atoms with Gasteiger partial charge in [-0.3, -0.25) is 0 Å². The van der Waals surface area contributed by atoms with Crippen LogP contribution in [0.25, 0.3) is 16.7 Å². The number of aromatic nitrogens is 3. The number of benzene rings is 2. The van der Waals surface area contributed by atoms with Gasteiger partial charge in [0, 0.05) is 11.5 Å². The highest BCUT2D eigenvalue weighted by Gasteiger charge is 2.10. The van der Waals surface area contributed by atoms with Crippen molar-refractivity contribution in [2.45, 2.75) is 13.5 Å². The Labute approximate surface area is 149 Å². The van der Waals surface area contributed by atoms with E-state index < -0.39 is 0 Å². The molecule has 0 bridgehead atoms. The maximum absolute atomic E-state index is 13.0. The number of anilines is 1. The van der Waals surface area contributed by atoms with Crippen LogP contribution in [0.4, 0.5) is 10.2 Å². The molecule has 2 aromatic heterocycles. The lowest BCUT2D eigenvalue weighted by Crippen LogP contribution is -2.04. The highest BCUT2D eigenvalue weighted by atomic mass is 19.1. The van der Waals surface area contributed by atoms with Gasteiger partial charge in [-0.1, -0.05) is 24.3 Å². The predicted octanol–water partition coefficient (Wildman–Crippen LogP) is 4.03. The molecule has 0 aliphatic carbocycles. The molecule has 130 valence electrons. The lowest BCUT2D eigenvalue weighted by Gasteiger charge is -2.10. The molecule has 0 saturated carbocycles. The van der Waals surface area contributed by atoms with E-state index in [0.29, 0.717) is 24.0 Å². The fraction of sp³-hybridized carbons (Fsp3) is 0.100. The molecule has 0 radical (unpaired) electrons. The van der Waals surface area contributed by atoms with Gasteiger partial charge in [-0.2, -0.15) is 9.78 Å². The van der Waals surface area contributed by atoms with Crippen LogP contribution in [-0.2, 0) is 6.61 Å². The number of halogens is 1. The van der Waals surface area contributed by atoms with Crippen molar-refractivity contribution in [3.8, 4) is 11.6 Å². The van der Waals surface area contributed by atoms with Gasteiger partial charge in [-0.25, -0.2) is 9.37 Å². The zero-order valence-electron chi connectivity index (χ0n) is 14.2. The van der Waals surface area contributed by atoms with E-state index >= 15 is 0 Å². The number of fused-ring (bicyclic) bond motifs is 1. The zero-order valence-corrected chi connectivity index (χ0v) is 14.2. The lowest BCUT2D eigenvalue weighted by molar-refractivity contribution is 0.309. The van der Waals surface area contributed by atoms with E-state index in [2.05, 4.69) is 10.1 Å². The third kappa shape index (κ3) is 3.09. The molecule has 4 rings (SSSR count). The van der Waals surface area contributed by atoms with E-state index in [0.717, 1.165) is 22.2 Å². The van der Waals surface area contributed by atoms with Crippen LogP contribution in [0.15, 0.2) is 60.7 Å². The molecule has 0 fully saturated rings. The maximum atomic E-state index is 13.0. The number of hydrogen-bond acceptors (Lipinski definition) is 4. The molecule has 4 aromatic rings. The van der Waals surface area contributed by atoms with E-state index in [1.54, 1.807) is 22.9 Å². The van der Waals surface area contributed by atoms with Crippen molar-refractivity contribution in [2.75, 3.05) is 5.73 Å². The fourth-order valence-electron chi connectivity index (χ4n) is 2.79. The first-order valence-corrected chi connectivity index (χ1v) is 8.20. The Kier molecular flexibility index (Phi) is 4.01. The topological polar surface area (TPSA) is 66.0 Å². The number of ether oxygens (including phenoxy) is 1. The van der Waals surface area contributed by atoms with E-state index in [4.69, 9.17) is 10.5 Å². The maximum Gasteiger partial charge on any atom is 0.156 e. The van der Waals surface area contributed by atoms with Crippen LogP contribution in [0.3, 0.4) is 0 Å². The molecule has 0 aliphatic heterocycles. The van der Waals surface area contributed by atoms with Crippen molar-refractivity contribution in [2.24, 2.45) is 0 Å². The van der Waals surface area contributed by atoms with Crippen LogP contribution in [0, 0.1) is 12.7 Å². The second-order valence-electron chi connectivity index (χ2n) is 6.03. The average molecular weight is 348 g/mol. The first-order chi connectivity index (χ1) is 12.6. The van der Waals surface area contributed by atoms with Crippen molar-refractivity contribution in [3.63, 3.8) is 0 Å². The van der Waals surface area contributed by atoms with Gasteiger partial charge in [0.15, 0.2) is 5.82 Å². The molecule has 0 unspecified atom stereocenters. The van der Waals surface area contributed by atoms with Gasteiger partial charge in [-0.15, -0.1) is 0 Å². The number of nitrogens with zero attached hydrogens (tertiary/aromatic N) is 3. The van der Waals surface area contributed by atoms with Crippen molar-refractivity contribution in [1.29, 1.82) is 0 Å². The Morgan fingerprint density at radius 3 is 2.62 bits per heavy atom. The molecule has 2 N–H and O–H groups in total. The summed E-state index contributed by atoms with van der Waals surface area (Å²) in [5, 5.41) is 5.32. The van der Waals surface area contributed by atoms with Crippen LogP contribution < -0.4 is 10.5 Å². The monoisotopic (exact) mass is 348 g/mol. The number of nitrogen functional groups attached to an aromatic ring is 1. The molecule has 2 heterocycles. The van der Waals surface area contributed by atoms with Crippen LogP contribution >= 0.6 is 0 Å². The van der Waals surface area contributed by atoms with Crippen LogP contribution in [0.5, 0.6) is 5.75 Å². The largest absolute Gasteiger partial charge is 0.487 e. The molecule has 0 spiro atoms. The summed E-state index contributed by atoms with van der Waals surface area (Å²) in [6.45, 7) is 2.21. The van der Waals surface area contributed by atoms with Gasteiger partial charge in [0.05, 0.1) is 5.69 Å². The predicted molar refractivity (Wildman–Crippen MR) is 98.7 cm³/mol. The van der Waals surface area contributed by atoms with E-state index in [1.165, 1.54) is 12.1 Å². The third-order valence-electron chi connectivity index (χ3n) is 4.05. The second kappa shape index (κ2) is 6.48. The Morgan fingerprint density at radius 2 is 1.88 bits per heavy atom. The number of aryl methyl sites for hydroxylation is 1. The number of nitrogens with two attached hydrogens (primary N) is 1. The summed E-state index contributed by atoms with van der Waals surface area (Å²) >= 11 is 0. The van der Waals surface area contributed by atoms with Gasteiger partial charge < -0.3 is 10.5 Å². The van der Waals surface area contributed by atoms with E-state index in [1.807, 2.05) is 37.3 Å². The van der Waals surface area contributed by atoms with E-state index in [9.17, 15) is 4.39 Å². The molecular formula is C20H17FN4O. The summed E-state index contributed by atoms with van der Waals surface area (Å²) in [6, 6.07) is 17.6. The quantitative estimate of drug-likeness (QED) is 0.605. The van der Waals surface area contributed by atoms with Crippen molar-refractivity contribution in [1.82, 2.24) is 14.8 Å². The Bertz CT molecular complexity index is 1070. The molecule has 2 aromatic carbocycles. The molecule has 0 amide bonds. The van der Waals surface area contributed by atoms with Crippen LogP contribution in [0.1, 0.15) is 11.3 Å². The van der Waals surface area contributed by atoms with Gasteiger partial charge in [0.1, 0.15) is 29.5 Å². The third-order valence-corrected chi connectivity index (χ3v) is 4.05. The summed E-state index contributed by atoms with van der Waals surface area (Å²) in [5.41, 5.74) is 8.43. The smallest absolute Gasteiger partial charge is 0.156 e. The minimum absolute atomic E-state index is 0.266. The summed E-state index contributed by atoms with van der Waals surface area (Å²) in [4.78, 5) is 4.68. The molecule has 0 saturated heterocycles.